The summed E-state index contributed by atoms with van der Waals surface area (Å²) in [4.78, 5) is 60.5. The van der Waals surface area contributed by atoms with Gasteiger partial charge in [-0.05, 0) is 26.3 Å². The smallest absolute Gasteiger partial charge is 0.330 e. The summed E-state index contributed by atoms with van der Waals surface area (Å²) in [7, 11) is 0. The van der Waals surface area contributed by atoms with Gasteiger partial charge in [-0.1, -0.05) is 0 Å². The summed E-state index contributed by atoms with van der Waals surface area (Å²) in [6.07, 6.45) is -2.62. The first-order valence-electron chi connectivity index (χ1n) is 10.2. The fourth-order valence-corrected chi connectivity index (χ4v) is 3.42. The molecule has 184 valence electrons. The van der Waals surface area contributed by atoms with E-state index in [0.29, 0.717) is 0 Å². The number of aliphatic hydroxyl groups excluding tert-OH is 2. The van der Waals surface area contributed by atoms with E-state index >= 15 is 0 Å². The molecule has 1 aromatic heterocycles. The maximum absolute atomic E-state index is 12.1. The molecule has 2 heterocycles. The number of rotatable bonds is 12. The third kappa shape index (κ3) is 7.78. The van der Waals surface area contributed by atoms with Crippen LogP contribution in [0.25, 0.3) is 0 Å². The van der Waals surface area contributed by atoms with Crippen LogP contribution in [0.4, 0.5) is 0 Å². The molecular weight excluding hydrogens is 444 g/mol. The summed E-state index contributed by atoms with van der Waals surface area (Å²) in [5, 5.41) is 40.3. The molecule has 0 aliphatic carbocycles. The highest BCUT2D eigenvalue weighted by Gasteiger charge is 2.36. The quantitative estimate of drug-likeness (QED) is 0.183. The number of aliphatic carboxylic acids is 2. The van der Waals surface area contributed by atoms with Gasteiger partial charge in [0.1, 0.15) is 18.4 Å². The minimum atomic E-state index is -1.43. The fraction of sp³-hybridized carbons (Fsp3) is 0.632. The highest BCUT2D eigenvalue weighted by atomic mass is 16.5. The van der Waals surface area contributed by atoms with Gasteiger partial charge in [-0.3, -0.25) is 33.6 Å². The molecule has 1 unspecified atom stereocenters. The Balaban J connectivity index is 1.82. The number of hydrogen-bond donors (Lipinski definition) is 6. The van der Waals surface area contributed by atoms with E-state index in [1.165, 1.54) is 18.0 Å². The highest BCUT2D eigenvalue weighted by molar-refractivity contribution is 5.80. The summed E-state index contributed by atoms with van der Waals surface area (Å²) >= 11 is 0. The van der Waals surface area contributed by atoms with Gasteiger partial charge >= 0.3 is 17.6 Å². The zero-order valence-electron chi connectivity index (χ0n) is 18.0. The number of carboxylic acids is 2. The number of nitrogens with one attached hydrogen (secondary N) is 2. The second-order valence-corrected chi connectivity index (χ2v) is 7.81. The summed E-state index contributed by atoms with van der Waals surface area (Å²) in [6.45, 7) is 0.466. The van der Waals surface area contributed by atoms with Crippen molar-refractivity contribution >= 4 is 17.8 Å². The molecule has 14 heteroatoms. The van der Waals surface area contributed by atoms with Crippen LogP contribution in [0.1, 0.15) is 31.1 Å². The monoisotopic (exact) mass is 472 g/mol. The molecule has 0 saturated carbocycles. The van der Waals surface area contributed by atoms with Crippen molar-refractivity contribution in [2.75, 3.05) is 26.2 Å². The fourth-order valence-electron chi connectivity index (χ4n) is 3.42. The van der Waals surface area contributed by atoms with Crippen molar-refractivity contribution in [3.05, 3.63) is 32.6 Å². The van der Waals surface area contributed by atoms with Crippen LogP contribution in [-0.2, 0) is 19.1 Å². The molecule has 1 saturated heterocycles. The zero-order valence-corrected chi connectivity index (χ0v) is 18.0. The third-order valence-electron chi connectivity index (χ3n) is 5.11. The third-order valence-corrected chi connectivity index (χ3v) is 5.11. The summed E-state index contributed by atoms with van der Waals surface area (Å²) in [5.41, 5.74) is -0.928. The maximum atomic E-state index is 12.1. The summed E-state index contributed by atoms with van der Waals surface area (Å²) < 4.78 is 6.78. The molecule has 1 amide bonds. The minimum absolute atomic E-state index is 0.0374. The first-order chi connectivity index (χ1) is 15.5. The number of carbonyl (C=O) groups excluding carboxylic acids is 1. The van der Waals surface area contributed by atoms with Gasteiger partial charge in [-0.25, -0.2) is 4.79 Å². The molecular formula is C19H28N4O10. The van der Waals surface area contributed by atoms with Gasteiger partial charge in [0, 0.05) is 24.7 Å². The molecule has 1 fully saturated rings. The van der Waals surface area contributed by atoms with Gasteiger partial charge in [0.15, 0.2) is 0 Å². The van der Waals surface area contributed by atoms with Gasteiger partial charge in [0.2, 0.25) is 5.91 Å². The van der Waals surface area contributed by atoms with E-state index in [2.05, 4.69) is 10.3 Å². The molecule has 4 atom stereocenters. The number of aryl methyl sites for hydroxylation is 1. The summed E-state index contributed by atoms with van der Waals surface area (Å²) in [6, 6.07) is 0. The van der Waals surface area contributed by atoms with E-state index in [0.717, 1.165) is 4.57 Å². The lowest BCUT2D eigenvalue weighted by Crippen LogP contribution is -2.42. The van der Waals surface area contributed by atoms with Crippen LogP contribution in [0.3, 0.4) is 0 Å². The van der Waals surface area contributed by atoms with E-state index in [-0.39, 0.29) is 37.9 Å². The predicted octanol–water partition coefficient (Wildman–Crippen LogP) is -2.78. The summed E-state index contributed by atoms with van der Waals surface area (Å²) in [5.74, 6) is -3.13. The van der Waals surface area contributed by atoms with Crippen LogP contribution in [0.15, 0.2) is 15.8 Å². The van der Waals surface area contributed by atoms with E-state index < -0.39 is 66.7 Å². The van der Waals surface area contributed by atoms with Crippen LogP contribution in [0.5, 0.6) is 0 Å². The zero-order chi connectivity index (χ0) is 24.7. The molecule has 0 bridgehead atoms. The average molecular weight is 472 g/mol. The van der Waals surface area contributed by atoms with E-state index in [1.807, 2.05) is 0 Å². The molecule has 0 radical (unpaired) electrons. The van der Waals surface area contributed by atoms with E-state index in [4.69, 9.17) is 14.9 Å². The largest absolute Gasteiger partial charge is 0.480 e. The second kappa shape index (κ2) is 11.7. The minimum Gasteiger partial charge on any atom is -0.480 e. The number of hydrogen-bond acceptors (Lipinski definition) is 9. The molecule has 6 N–H and O–H groups in total. The first-order valence-corrected chi connectivity index (χ1v) is 10.2. The Morgan fingerprint density at radius 1 is 1.27 bits per heavy atom. The standard InChI is InChI=1S/C19H28N4O10/c1-10-7-23(19(32)21-17(10)30)14-5-12(25)13(33-14)6-20-18(31)11(24)3-2-4-22(8-15(26)27)9-16(28)29/h7,11-14,24-25H,2-6,8-9H2,1H3,(H,20,31)(H,26,27)(H,28,29)(H,21,30,32)/t11?,12-,13+,14+/m0/s1. The van der Waals surface area contributed by atoms with Gasteiger partial charge in [-0.15, -0.1) is 0 Å². The van der Waals surface area contributed by atoms with Crippen LogP contribution in [0, 0.1) is 6.92 Å². The molecule has 14 nitrogen and oxygen atoms in total. The number of H-pyrrole nitrogens is 1. The molecule has 1 aromatic rings. The van der Waals surface area contributed by atoms with Crippen molar-refractivity contribution in [2.24, 2.45) is 0 Å². The van der Waals surface area contributed by atoms with E-state index in [1.54, 1.807) is 0 Å². The van der Waals surface area contributed by atoms with Gasteiger partial charge in [0.05, 0.1) is 19.2 Å². The van der Waals surface area contributed by atoms with Crippen LogP contribution < -0.4 is 16.6 Å². The van der Waals surface area contributed by atoms with Crippen molar-refractivity contribution in [1.82, 2.24) is 19.8 Å². The molecule has 1 aliphatic heterocycles. The number of carbonyl (C=O) groups is 3. The predicted molar refractivity (Wildman–Crippen MR) is 111 cm³/mol. The van der Waals surface area contributed by atoms with Crippen molar-refractivity contribution in [2.45, 2.75) is 50.7 Å². The lowest BCUT2D eigenvalue weighted by Gasteiger charge is -2.20. The Labute approximate surface area is 187 Å². The topological polar surface area (TPSA) is 211 Å². The average Bonchev–Trinajstić information content (AvgIpc) is 3.08. The van der Waals surface area contributed by atoms with Crippen molar-refractivity contribution < 1.29 is 39.5 Å². The number of amides is 1. The van der Waals surface area contributed by atoms with Gasteiger partial charge < -0.3 is 30.5 Å². The number of nitrogens with zero attached hydrogens (tertiary/aromatic N) is 2. The lowest BCUT2D eigenvalue weighted by atomic mass is 10.1. The van der Waals surface area contributed by atoms with Crippen molar-refractivity contribution in [1.29, 1.82) is 0 Å². The highest BCUT2D eigenvalue weighted by Crippen LogP contribution is 2.27. The molecule has 0 spiro atoms. The molecule has 0 aromatic carbocycles. The van der Waals surface area contributed by atoms with Crippen molar-refractivity contribution in [3.63, 3.8) is 0 Å². The maximum Gasteiger partial charge on any atom is 0.330 e. The van der Waals surface area contributed by atoms with Crippen LogP contribution in [-0.4, -0.2) is 97.2 Å². The Bertz CT molecular complexity index is 958. The van der Waals surface area contributed by atoms with Crippen molar-refractivity contribution in [3.8, 4) is 0 Å². The number of aromatic amines is 1. The number of ether oxygens (including phenoxy) is 1. The Hall–Kier alpha value is -3.07. The van der Waals surface area contributed by atoms with Crippen LogP contribution in [0.2, 0.25) is 0 Å². The Morgan fingerprint density at radius 3 is 2.52 bits per heavy atom. The number of aromatic nitrogens is 2. The normalized spacial score (nSPS) is 21.2. The van der Waals surface area contributed by atoms with Gasteiger partial charge in [-0.2, -0.15) is 0 Å². The van der Waals surface area contributed by atoms with Gasteiger partial charge in [0.25, 0.3) is 5.56 Å². The SMILES string of the molecule is Cc1cn([C@H]2C[C@H](O)[C@@H](CNC(=O)C(O)CCCN(CC(=O)O)CC(=O)O)O2)c(=O)[nH]c1=O. The molecule has 2 rings (SSSR count). The lowest BCUT2D eigenvalue weighted by molar-refractivity contribution is -0.142. The molecule has 33 heavy (non-hydrogen) atoms. The first kappa shape index (κ1) is 26.2. The molecule has 1 aliphatic rings. The Kier molecular flexibility index (Phi) is 9.28. The van der Waals surface area contributed by atoms with E-state index in [9.17, 15) is 34.2 Å². The van der Waals surface area contributed by atoms with Crippen LogP contribution >= 0.6 is 0 Å². The second-order valence-electron chi connectivity index (χ2n) is 7.81. The number of carboxylic acid groups (broad SMARTS) is 2. The number of aliphatic hydroxyl groups is 2. The Morgan fingerprint density at radius 2 is 1.91 bits per heavy atom.